The van der Waals surface area contributed by atoms with Crippen LogP contribution in [-0.4, -0.2) is 27.1 Å². The van der Waals surface area contributed by atoms with Crippen LogP contribution in [0.15, 0.2) is 66.7 Å². The van der Waals surface area contributed by atoms with Crippen LogP contribution in [0.3, 0.4) is 0 Å². The van der Waals surface area contributed by atoms with E-state index in [1.54, 1.807) is 12.1 Å². The molecule has 8 nitrogen and oxygen atoms in total. The van der Waals surface area contributed by atoms with Crippen molar-refractivity contribution in [1.82, 2.24) is 0 Å². The second-order valence-electron chi connectivity index (χ2n) is 5.90. The molecule has 0 aliphatic carbocycles. The zero-order valence-electron chi connectivity index (χ0n) is 14.6. The number of benzene rings is 2. The summed E-state index contributed by atoms with van der Waals surface area (Å²) in [5, 5.41) is 26.4. The van der Waals surface area contributed by atoms with Gasteiger partial charge in [0.1, 0.15) is 0 Å². The Morgan fingerprint density at radius 3 is 2.11 bits per heavy atom. The van der Waals surface area contributed by atoms with Gasteiger partial charge in [0.25, 0.3) is 5.69 Å². The third-order valence-corrected chi connectivity index (χ3v) is 3.49. The van der Waals surface area contributed by atoms with Crippen LogP contribution in [0, 0.1) is 10.1 Å². The minimum atomic E-state index is -1.26. The third-order valence-electron chi connectivity index (χ3n) is 3.49. The maximum absolute atomic E-state index is 10.8. The van der Waals surface area contributed by atoms with Crippen molar-refractivity contribution in [2.24, 2.45) is 5.73 Å². The molecular weight excluding hydrogens is 352 g/mol. The van der Waals surface area contributed by atoms with Crippen molar-refractivity contribution in [3.8, 4) is 0 Å². The number of non-ortho nitro benzene ring substituents is 1. The Hall–Kier alpha value is -3.52. The Bertz CT molecular complexity index is 815. The first-order valence-corrected chi connectivity index (χ1v) is 7.83. The molecule has 0 aromatic heterocycles. The number of aliphatic carboxylic acids is 2. The highest BCUT2D eigenvalue weighted by Crippen LogP contribution is 2.24. The van der Waals surface area contributed by atoms with E-state index >= 15 is 0 Å². The van der Waals surface area contributed by atoms with Gasteiger partial charge in [-0.1, -0.05) is 42.5 Å². The molecule has 0 bridgehead atoms. The van der Waals surface area contributed by atoms with Gasteiger partial charge in [-0.15, -0.1) is 0 Å². The molecule has 1 atom stereocenters. The van der Waals surface area contributed by atoms with Crippen LogP contribution < -0.4 is 5.73 Å². The van der Waals surface area contributed by atoms with Gasteiger partial charge in [-0.25, -0.2) is 9.59 Å². The average Bonchev–Trinajstić information content (AvgIpc) is 2.61. The fourth-order valence-electron chi connectivity index (χ4n) is 2.27. The maximum atomic E-state index is 10.8. The Labute approximate surface area is 155 Å². The van der Waals surface area contributed by atoms with E-state index in [0.29, 0.717) is 18.6 Å². The first-order chi connectivity index (χ1) is 12.6. The molecular formula is C19H20N2O6. The lowest BCUT2D eigenvalue weighted by Gasteiger charge is -2.25. The van der Waals surface area contributed by atoms with E-state index in [1.807, 2.05) is 43.3 Å². The van der Waals surface area contributed by atoms with E-state index in [-0.39, 0.29) is 10.6 Å². The van der Waals surface area contributed by atoms with E-state index < -0.39 is 17.5 Å². The number of hydrogen-bond acceptors (Lipinski definition) is 5. The number of nitro benzene ring substituents is 1. The van der Waals surface area contributed by atoms with Gasteiger partial charge in [-0.05, 0) is 24.5 Å². The van der Waals surface area contributed by atoms with Crippen molar-refractivity contribution < 1.29 is 24.7 Å². The fraction of sp³-hybridized carbons (Fsp3) is 0.158. The molecule has 0 aliphatic heterocycles. The van der Waals surface area contributed by atoms with Crippen LogP contribution in [0.1, 0.15) is 18.1 Å². The molecule has 1 unspecified atom stereocenters. The summed E-state index contributed by atoms with van der Waals surface area (Å²) in [5.74, 6) is -2.51. The van der Waals surface area contributed by atoms with E-state index in [1.165, 1.54) is 6.07 Å². The number of carbonyl (C=O) groups is 2. The smallest absolute Gasteiger partial charge is 0.328 e. The number of carboxylic acids is 2. The predicted octanol–water partition coefficient (Wildman–Crippen LogP) is 2.72. The first kappa shape index (κ1) is 21.5. The summed E-state index contributed by atoms with van der Waals surface area (Å²) in [6.45, 7) is 1.93. The highest BCUT2D eigenvalue weighted by molar-refractivity contribution is 5.89. The minimum absolute atomic E-state index is 0.0985. The summed E-state index contributed by atoms with van der Waals surface area (Å²) in [7, 11) is 0. The van der Waals surface area contributed by atoms with Gasteiger partial charge < -0.3 is 15.9 Å². The van der Waals surface area contributed by atoms with Gasteiger partial charge in [0.05, 0.1) is 4.92 Å². The summed E-state index contributed by atoms with van der Waals surface area (Å²) in [4.78, 5) is 29.5. The molecule has 0 fully saturated rings. The van der Waals surface area contributed by atoms with E-state index in [4.69, 9.17) is 15.9 Å². The molecule has 0 spiro atoms. The number of hydrogen-bond donors (Lipinski definition) is 3. The predicted molar refractivity (Wildman–Crippen MR) is 99.2 cm³/mol. The lowest BCUT2D eigenvalue weighted by atomic mass is 9.86. The molecule has 0 saturated carbocycles. The van der Waals surface area contributed by atoms with Gasteiger partial charge in [0, 0.05) is 29.8 Å². The molecule has 2 rings (SSSR count). The number of nitrogens with zero attached hydrogens (tertiary/aromatic N) is 1. The quantitative estimate of drug-likeness (QED) is 0.402. The van der Waals surface area contributed by atoms with Crippen LogP contribution >= 0.6 is 0 Å². The average molecular weight is 372 g/mol. The highest BCUT2D eigenvalue weighted by atomic mass is 16.6. The van der Waals surface area contributed by atoms with Crippen LogP contribution in [0.25, 0.3) is 0 Å². The molecule has 4 N–H and O–H groups in total. The number of nitro groups is 1. The van der Waals surface area contributed by atoms with Crippen molar-refractivity contribution >= 4 is 17.6 Å². The molecule has 0 heterocycles. The summed E-state index contributed by atoms with van der Waals surface area (Å²) in [6.07, 6.45) is 1.67. The zero-order valence-corrected chi connectivity index (χ0v) is 14.6. The molecule has 2 aromatic rings. The second-order valence-corrected chi connectivity index (χ2v) is 5.90. The topological polar surface area (TPSA) is 144 Å². The summed E-state index contributed by atoms with van der Waals surface area (Å²) in [6, 6.07) is 16.4. The summed E-state index contributed by atoms with van der Waals surface area (Å²) < 4.78 is 0. The third kappa shape index (κ3) is 7.93. The van der Waals surface area contributed by atoms with Gasteiger partial charge in [-0.3, -0.25) is 10.1 Å². The van der Waals surface area contributed by atoms with Crippen molar-refractivity contribution in [3.63, 3.8) is 0 Å². The van der Waals surface area contributed by atoms with Crippen molar-refractivity contribution in [2.75, 3.05) is 0 Å². The van der Waals surface area contributed by atoms with Gasteiger partial charge in [0.15, 0.2) is 0 Å². The highest BCUT2D eigenvalue weighted by Gasteiger charge is 2.22. The van der Waals surface area contributed by atoms with Crippen molar-refractivity contribution in [1.29, 1.82) is 0 Å². The van der Waals surface area contributed by atoms with Crippen molar-refractivity contribution in [2.45, 2.75) is 18.9 Å². The SMILES string of the molecule is CC(N)(Cc1cccc([N+](=O)[O-])c1)c1ccccc1.O=C(O)/C=C/C(=O)O. The molecule has 2 aromatic carbocycles. The van der Waals surface area contributed by atoms with E-state index in [0.717, 1.165) is 11.1 Å². The fourth-order valence-corrected chi connectivity index (χ4v) is 2.27. The Balaban J connectivity index is 0.000000387. The number of rotatable bonds is 6. The largest absolute Gasteiger partial charge is 0.478 e. The maximum Gasteiger partial charge on any atom is 0.328 e. The molecule has 0 aliphatic rings. The van der Waals surface area contributed by atoms with Crippen molar-refractivity contribution in [3.05, 3.63) is 88.0 Å². The molecule has 0 saturated heterocycles. The van der Waals surface area contributed by atoms with Crippen LogP contribution in [0.5, 0.6) is 0 Å². The second kappa shape index (κ2) is 9.83. The van der Waals surface area contributed by atoms with Gasteiger partial charge in [-0.2, -0.15) is 0 Å². The summed E-state index contributed by atoms with van der Waals surface area (Å²) in [5.41, 5.74) is 7.76. The van der Waals surface area contributed by atoms with Crippen LogP contribution in [-0.2, 0) is 21.5 Å². The molecule has 0 radical (unpaired) electrons. The Kier molecular flexibility index (Phi) is 7.84. The number of nitrogens with two attached hydrogens (primary N) is 1. The van der Waals surface area contributed by atoms with Crippen LogP contribution in [0.4, 0.5) is 5.69 Å². The first-order valence-electron chi connectivity index (χ1n) is 7.83. The van der Waals surface area contributed by atoms with Gasteiger partial charge >= 0.3 is 11.9 Å². The monoisotopic (exact) mass is 372 g/mol. The molecule has 27 heavy (non-hydrogen) atoms. The standard InChI is InChI=1S/C15H16N2O2.C4H4O4/c1-15(16,13-7-3-2-4-8-13)11-12-6-5-9-14(10-12)17(18)19;5-3(6)1-2-4(7)8/h2-10H,11,16H2,1H3;1-2H,(H,5,6)(H,7,8)/b;2-1+. The zero-order chi connectivity index (χ0) is 20.4. The molecule has 142 valence electrons. The number of carboxylic acid groups (broad SMARTS) is 2. The Morgan fingerprint density at radius 2 is 1.63 bits per heavy atom. The minimum Gasteiger partial charge on any atom is -0.478 e. The molecule has 8 heteroatoms. The summed E-state index contributed by atoms with van der Waals surface area (Å²) >= 11 is 0. The lowest BCUT2D eigenvalue weighted by Crippen LogP contribution is -2.35. The molecule has 0 amide bonds. The van der Waals surface area contributed by atoms with E-state index in [2.05, 4.69) is 0 Å². The van der Waals surface area contributed by atoms with Crippen LogP contribution in [0.2, 0.25) is 0 Å². The van der Waals surface area contributed by atoms with Gasteiger partial charge in [0.2, 0.25) is 0 Å². The normalized spacial score (nSPS) is 12.5. The van der Waals surface area contributed by atoms with E-state index in [9.17, 15) is 19.7 Å². The Morgan fingerprint density at radius 1 is 1.07 bits per heavy atom. The lowest BCUT2D eigenvalue weighted by molar-refractivity contribution is -0.384.